The van der Waals surface area contributed by atoms with E-state index in [9.17, 15) is 0 Å². The normalized spacial score (nSPS) is 11.6. The van der Waals surface area contributed by atoms with E-state index < -0.39 is 0 Å². The average Bonchev–Trinajstić information content (AvgIpc) is 2.84. The Labute approximate surface area is 126 Å². The molecule has 3 heteroatoms. The molecule has 0 radical (unpaired) electrons. The maximum atomic E-state index is 3.53. The maximum absolute atomic E-state index is 3.53. The first-order valence-corrected chi connectivity index (χ1v) is 7.84. The fraction of sp³-hybridized carbons (Fsp3) is 0.412. The van der Waals surface area contributed by atoms with Crippen LogP contribution in [-0.4, -0.2) is 12.6 Å². The highest BCUT2D eigenvalue weighted by molar-refractivity contribution is 7.12. The molecule has 0 saturated carbocycles. The van der Waals surface area contributed by atoms with Crippen molar-refractivity contribution in [1.29, 1.82) is 0 Å². The zero-order chi connectivity index (χ0) is 14.6. The molecule has 0 amide bonds. The van der Waals surface area contributed by atoms with Gasteiger partial charge in [0.05, 0.1) is 6.54 Å². The number of rotatable bonds is 5. The van der Waals surface area contributed by atoms with Crippen LogP contribution in [0.15, 0.2) is 42.5 Å². The standard InChI is InChI=1S/C17H24N2S/c1-17(2,3)18-12-15-10-11-16(20-15)13-19(4)14-8-6-5-7-9-14/h5-11,18H,12-13H2,1-4H3. The Kier molecular flexibility index (Phi) is 4.84. The summed E-state index contributed by atoms with van der Waals surface area (Å²) in [6, 6.07) is 15.0. The third kappa shape index (κ3) is 4.66. The summed E-state index contributed by atoms with van der Waals surface area (Å²) in [7, 11) is 2.14. The van der Waals surface area contributed by atoms with Crippen LogP contribution in [0.3, 0.4) is 0 Å². The Morgan fingerprint density at radius 1 is 1.00 bits per heavy atom. The monoisotopic (exact) mass is 288 g/mol. The first-order valence-electron chi connectivity index (χ1n) is 7.03. The summed E-state index contributed by atoms with van der Waals surface area (Å²) in [6.07, 6.45) is 0. The number of nitrogens with one attached hydrogen (secondary N) is 1. The van der Waals surface area contributed by atoms with Crippen molar-refractivity contribution >= 4 is 17.0 Å². The minimum Gasteiger partial charge on any atom is -0.369 e. The molecule has 0 aliphatic heterocycles. The van der Waals surface area contributed by atoms with Gasteiger partial charge in [0, 0.05) is 34.6 Å². The smallest absolute Gasteiger partial charge is 0.0519 e. The Balaban J connectivity index is 1.93. The van der Waals surface area contributed by atoms with Gasteiger partial charge in [-0.25, -0.2) is 0 Å². The first kappa shape index (κ1) is 15.1. The van der Waals surface area contributed by atoms with Crippen LogP contribution in [0, 0.1) is 0 Å². The van der Waals surface area contributed by atoms with Crippen LogP contribution < -0.4 is 10.2 Å². The lowest BCUT2D eigenvalue weighted by molar-refractivity contribution is 0.426. The quantitative estimate of drug-likeness (QED) is 0.883. The molecule has 0 spiro atoms. The number of thiophene rings is 1. The summed E-state index contributed by atoms with van der Waals surface area (Å²) in [4.78, 5) is 5.09. The van der Waals surface area contributed by atoms with Crippen LogP contribution in [0.2, 0.25) is 0 Å². The van der Waals surface area contributed by atoms with Crippen LogP contribution in [-0.2, 0) is 13.1 Å². The number of hydrogen-bond donors (Lipinski definition) is 1. The molecule has 0 aliphatic carbocycles. The Morgan fingerprint density at radius 2 is 1.65 bits per heavy atom. The Bertz CT molecular complexity index is 525. The van der Waals surface area contributed by atoms with Gasteiger partial charge in [0.25, 0.3) is 0 Å². The first-order chi connectivity index (χ1) is 9.44. The zero-order valence-electron chi connectivity index (χ0n) is 12.8. The molecule has 0 atom stereocenters. The second kappa shape index (κ2) is 6.42. The molecule has 0 bridgehead atoms. The van der Waals surface area contributed by atoms with E-state index in [-0.39, 0.29) is 5.54 Å². The molecule has 2 aromatic rings. The lowest BCUT2D eigenvalue weighted by Gasteiger charge is -2.20. The van der Waals surface area contributed by atoms with Gasteiger partial charge < -0.3 is 10.2 Å². The summed E-state index contributed by atoms with van der Waals surface area (Å²) in [5.74, 6) is 0. The van der Waals surface area contributed by atoms with Crippen molar-refractivity contribution in [2.75, 3.05) is 11.9 Å². The largest absolute Gasteiger partial charge is 0.369 e. The molecule has 0 aliphatic rings. The highest BCUT2D eigenvalue weighted by atomic mass is 32.1. The average molecular weight is 288 g/mol. The lowest BCUT2D eigenvalue weighted by Crippen LogP contribution is -2.34. The van der Waals surface area contributed by atoms with Crippen LogP contribution in [0.5, 0.6) is 0 Å². The molecular weight excluding hydrogens is 264 g/mol. The van der Waals surface area contributed by atoms with Crippen molar-refractivity contribution < 1.29 is 0 Å². The number of hydrogen-bond acceptors (Lipinski definition) is 3. The summed E-state index contributed by atoms with van der Waals surface area (Å²) < 4.78 is 0. The van der Waals surface area contributed by atoms with Crippen molar-refractivity contribution in [3.63, 3.8) is 0 Å². The second-order valence-corrected chi connectivity index (χ2v) is 7.42. The van der Waals surface area contributed by atoms with Gasteiger partial charge in [-0.3, -0.25) is 0 Å². The molecule has 1 aromatic heterocycles. The minimum absolute atomic E-state index is 0.172. The molecule has 1 aromatic carbocycles. The molecule has 0 unspecified atom stereocenters. The van der Waals surface area contributed by atoms with E-state index in [4.69, 9.17) is 0 Å². The number of anilines is 1. The zero-order valence-corrected chi connectivity index (χ0v) is 13.6. The maximum Gasteiger partial charge on any atom is 0.0519 e. The number of nitrogens with zero attached hydrogens (tertiary/aromatic N) is 1. The van der Waals surface area contributed by atoms with E-state index in [0.29, 0.717) is 0 Å². The van der Waals surface area contributed by atoms with E-state index in [0.717, 1.165) is 13.1 Å². The molecule has 2 nitrogen and oxygen atoms in total. The molecule has 2 rings (SSSR count). The number of benzene rings is 1. The van der Waals surface area contributed by atoms with Gasteiger partial charge in [-0.2, -0.15) is 0 Å². The molecule has 108 valence electrons. The highest BCUT2D eigenvalue weighted by Gasteiger charge is 2.10. The van der Waals surface area contributed by atoms with Crippen molar-refractivity contribution in [3.05, 3.63) is 52.2 Å². The molecule has 20 heavy (non-hydrogen) atoms. The summed E-state index contributed by atoms with van der Waals surface area (Å²) in [5, 5.41) is 3.53. The predicted molar refractivity (Wildman–Crippen MR) is 89.5 cm³/mol. The van der Waals surface area contributed by atoms with Gasteiger partial charge in [0.2, 0.25) is 0 Å². The summed E-state index contributed by atoms with van der Waals surface area (Å²) in [6.45, 7) is 8.51. The number of para-hydroxylation sites is 1. The van der Waals surface area contributed by atoms with Crippen molar-refractivity contribution in [3.8, 4) is 0 Å². The van der Waals surface area contributed by atoms with Gasteiger partial charge in [-0.05, 0) is 45.0 Å². The molecular formula is C17H24N2S. The fourth-order valence-electron chi connectivity index (χ4n) is 1.96. The Morgan fingerprint density at radius 3 is 2.30 bits per heavy atom. The van der Waals surface area contributed by atoms with Gasteiger partial charge in [-0.15, -0.1) is 11.3 Å². The third-order valence-electron chi connectivity index (χ3n) is 3.10. The van der Waals surface area contributed by atoms with Gasteiger partial charge >= 0.3 is 0 Å². The van der Waals surface area contributed by atoms with E-state index in [1.54, 1.807) is 0 Å². The molecule has 0 saturated heterocycles. The van der Waals surface area contributed by atoms with Crippen molar-refractivity contribution in [1.82, 2.24) is 5.32 Å². The second-order valence-electron chi connectivity index (χ2n) is 6.16. The predicted octanol–water partition coefficient (Wildman–Crippen LogP) is 4.27. The topological polar surface area (TPSA) is 15.3 Å². The molecule has 1 N–H and O–H groups in total. The van der Waals surface area contributed by atoms with Crippen LogP contribution in [0.1, 0.15) is 30.5 Å². The summed E-state index contributed by atoms with van der Waals surface area (Å²) in [5.41, 5.74) is 1.43. The third-order valence-corrected chi connectivity index (χ3v) is 4.17. The summed E-state index contributed by atoms with van der Waals surface area (Å²) >= 11 is 1.89. The lowest BCUT2D eigenvalue weighted by atomic mass is 10.1. The van der Waals surface area contributed by atoms with Gasteiger partial charge in [0.15, 0.2) is 0 Å². The SMILES string of the molecule is CN(Cc1ccc(CNC(C)(C)C)s1)c1ccccc1. The van der Waals surface area contributed by atoms with Crippen LogP contribution in [0.25, 0.3) is 0 Å². The van der Waals surface area contributed by atoms with E-state index >= 15 is 0 Å². The molecule has 1 heterocycles. The van der Waals surface area contributed by atoms with E-state index in [1.165, 1.54) is 15.4 Å². The Hall–Kier alpha value is -1.32. The van der Waals surface area contributed by atoms with Crippen LogP contribution in [0.4, 0.5) is 5.69 Å². The van der Waals surface area contributed by atoms with E-state index in [2.05, 4.69) is 80.5 Å². The van der Waals surface area contributed by atoms with Crippen molar-refractivity contribution in [2.45, 2.75) is 39.4 Å². The van der Waals surface area contributed by atoms with E-state index in [1.807, 2.05) is 11.3 Å². The van der Waals surface area contributed by atoms with Crippen molar-refractivity contribution in [2.24, 2.45) is 0 Å². The molecule has 0 fully saturated rings. The van der Waals surface area contributed by atoms with Crippen LogP contribution >= 0.6 is 11.3 Å². The highest BCUT2D eigenvalue weighted by Crippen LogP contribution is 2.21. The van der Waals surface area contributed by atoms with Gasteiger partial charge in [0.1, 0.15) is 0 Å². The van der Waals surface area contributed by atoms with Gasteiger partial charge in [-0.1, -0.05) is 18.2 Å². The fourth-order valence-corrected chi connectivity index (χ4v) is 2.97. The minimum atomic E-state index is 0.172.